The number of hydrogen-bond donors (Lipinski definition) is 2. The van der Waals surface area contributed by atoms with Gasteiger partial charge in [-0.15, -0.1) is 11.3 Å². The first-order chi connectivity index (χ1) is 7.66. The van der Waals surface area contributed by atoms with Gasteiger partial charge in [-0.05, 0) is 31.0 Å². The average molecular weight is 233 g/mol. The second-order valence-electron chi connectivity index (χ2n) is 3.78. The molecule has 2 rings (SSSR count). The second-order valence-corrected chi connectivity index (χ2v) is 4.64. The van der Waals surface area contributed by atoms with Crippen LogP contribution in [-0.2, 0) is 6.54 Å². The number of anilines is 2. The molecule has 0 saturated heterocycles. The summed E-state index contributed by atoms with van der Waals surface area (Å²) in [5, 5.41) is 6.30. The third kappa shape index (κ3) is 2.33. The molecule has 0 aliphatic heterocycles. The van der Waals surface area contributed by atoms with Gasteiger partial charge in [0.2, 0.25) is 0 Å². The Kier molecular flexibility index (Phi) is 3.10. The van der Waals surface area contributed by atoms with Crippen molar-refractivity contribution in [3.8, 4) is 0 Å². The van der Waals surface area contributed by atoms with Crippen molar-refractivity contribution < 1.29 is 0 Å². The molecule has 0 unspecified atom stereocenters. The van der Waals surface area contributed by atoms with Gasteiger partial charge in [0.25, 0.3) is 0 Å². The smallest absolute Gasteiger partial charge is 0.183 e. The number of nitrogens with two attached hydrogens (primary N) is 1. The Hall–Kier alpha value is -1.55. The molecule has 3 N–H and O–H groups in total. The molecule has 0 aliphatic carbocycles. The van der Waals surface area contributed by atoms with E-state index < -0.39 is 0 Å². The number of nitrogens with zero attached hydrogens (tertiary/aromatic N) is 1. The molecular weight excluding hydrogens is 218 g/mol. The minimum absolute atomic E-state index is 0.768. The van der Waals surface area contributed by atoms with E-state index in [9.17, 15) is 0 Å². The number of nitrogen functional groups attached to an aromatic ring is 1. The van der Waals surface area contributed by atoms with E-state index in [1.807, 2.05) is 31.4 Å². The van der Waals surface area contributed by atoms with E-state index in [2.05, 4.69) is 16.4 Å². The van der Waals surface area contributed by atoms with Gasteiger partial charge in [-0.25, -0.2) is 4.98 Å². The zero-order valence-corrected chi connectivity index (χ0v) is 10.3. The predicted octanol–water partition coefficient (Wildman–Crippen LogP) is 2.95. The van der Waals surface area contributed by atoms with E-state index in [-0.39, 0.29) is 0 Å². The lowest BCUT2D eigenvalue weighted by molar-refractivity contribution is 1.10. The van der Waals surface area contributed by atoms with Crippen LogP contribution >= 0.6 is 11.3 Å². The third-order valence-electron chi connectivity index (χ3n) is 2.54. The van der Waals surface area contributed by atoms with Crippen LogP contribution in [0.4, 0.5) is 10.8 Å². The fourth-order valence-corrected chi connectivity index (χ4v) is 2.19. The van der Waals surface area contributed by atoms with Crippen molar-refractivity contribution in [2.45, 2.75) is 20.4 Å². The molecule has 16 heavy (non-hydrogen) atoms. The van der Waals surface area contributed by atoms with E-state index in [0.717, 1.165) is 28.6 Å². The van der Waals surface area contributed by atoms with Crippen molar-refractivity contribution in [2.75, 3.05) is 11.1 Å². The van der Waals surface area contributed by atoms with Crippen LogP contribution in [-0.4, -0.2) is 4.98 Å². The fourth-order valence-electron chi connectivity index (χ4n) is 1.50. The molecule has 0 aliphatic rings. The lowest BCUT2D eigenvalue weighted by Crippen LogP contribution is -2.02. The van der Waals surface area contributed by atoms with E-state index in [0.29, 0.717) is 0 Å². The molecule has 1 heterocycles. The standard InChI is InChI=1S/C12H15N3S/c1-8-7-16-12(15-8)14-6-10-4-3-5-11(13)9(10)2/h3-5,7H,6,13H2,1-2H3,(H,14,15). The normalized spacial score (nSPS) is 10.4. The molecule has 0 bridgehead atoms. The number of benzene rings is 1. The molecule has 0 saturated carbocycles. The van der Waals surface area contributed by atoms with Crippen LogP contribution in [0.5, 0.6) is 0 Å². The van der Waals surface area contributed by atoms with Crippen LogP contribution in [0.1, 0.15) is 16.8 Å². The highest BCUT2D eigenvalue weighted by Crippen LogP contribution is 2.19. The summed E-state index contributed by atoms with van der Waals surface area (Å²) < 4.78 is 0. The van der Waals surface area contributed by atoms with Crippen LogP contribution in [0, 0.1) is 13.8 Å². The van der Waals surface area contributed by atoms with Crippen LogP contribution in [0.3, 0.4) is 0 Å². The summed E-state index contributed by atoms with van der Waals surface area (Å²) in [6.45, 7) is 4.80. The number of aryl methyl sites for hydroxylation is 1. The van der Waals surface area contributed by atoms with Gasteiger partial charge in [0.1, 0.15) is 0 Å². The minimum Gasteiger partial charge on any atom is -0.399 e. The minimum atomic E-state index is 0.768. The quantitative estimate of drug-likeness (QED) is 0.801. The number of rotatable bonds is 3. The molecule has 1 aromatic carbocycles. The van der Waals surface area contributed by atoms with Crippen molar-refractivity contribution in [3.05, 3.63) is 40.4 Å². The third-order valence-corrected chi connectivity index (χ3v) is 3.45. The SMILES string of the molecule is Cc1csc(NCc2cccc(N)c2C)n1. The van der Waals surface area contributed by atoms with Gasteiger partial charge in [0.05, 0.1) is 5.69 Å². The average Bonchev–Trinajstić information content (AvgIpc) is 2.67. The van der Waals surface area contributed by atoms with Gasteiger partial charge in [-0.3, -0.25) is 0 Å². The van der Waals surface area contributed by atoms with Gasteiger partial charge in [0.15, 0.2) is 5.13 Å². The Bertz CT molecular complexity index is 491. The van der Waals surface area contributed by atoms with Gasteiger partial charge >= 0.3 is 0 Å². The molecule has 0 radical (unpaired) electrons. The highest BCUT2D eigenvalue weighted by atomic mass is 32.1. The molecule has 3 nitrogen and oxygen atoms in total. The van der Waals surface area contributed by atoms with Crippen molar-refractivity contribution in [1.29, 1.82) is 0 Å². The molecule has 84 valence electrons. The van der Waals surface area contributed by atoms with Gasteiger partial charge in [0, 0.05) is 17.6 Å². The number of thiazole rings is 1. The van der Waals surface area contributed by atoms with Crippen LogP contribution in [0.2, 0.25) is 0 Å². The Balaban J connectivity index is 2.07. The van der Waals surface area contributed by atoms with E-state index in [1.165, 1.54) is 5.56 Å². The first kappa shape index (κ1) is 11.0. The molecule has 0 fully saturated rings. The van der Waals surface area contributed by atoms with Crippen molar-refractivity contribution >= 4 is 22.2 Å². The number of aromatic nitrogens is 1. The predicted molar refractivity (Wildman–Crippen MR) is 69.8 cm³/mol. The van der Waals surface area contributed by atoms with Crippen LogP contribution in [0.25, 0.3) is 0 Å². The summed E-state index contributed by atoms with van der Waals surface area (Å²) in [5.74, 6) is 0. The maximum atomic E-state index is 5.85. The Morgan fingerprint density at radius 3 is 2.88 bits per heavy atom. The maximum Gasteiger partial charge on any atom is 0.183 e. The fraction of sp³-hybridized carbons (Fsp3) is 0.250. The van der Waals surface area contributed by atoms with Crippen molar-refractivity contribution in [2.24, 2.45) is 0 Å². The van der Waals surface area contributed by atoms with E-state index in [4.69, 9.17) is 5.73 Å². The number of hydrogen-bond acceptors (Lipinski definition) is 4. The van der Waals surface area contributed by atoms with Crippen molar-refractivity contribution in [1.82, 2.24) is 4.98 Å². The summed E-state index contributed by atoms with van der Waals surface area (Å²) in [4.78, 5) is 4.35. The lowest BCUT2D eigenvalue weighted by atomic mass is 10.1. The molecular formula is C12H15N3S. The summed E-state index contributed by atoms with van der Waals surface area (Å²) in [6, 6.07) is 5.98. The molecule has 2 aromatic rings. The van der Waals surface area contributed by atoms with Gasteiger partial charge in [-0.1, -0.05) is 12.1 Å². The maximum absolute atomic E-state index is 5.85. The van der Waals surface area contributed by atoms with E-state index in [1.54, 1.807) is 11.3 Å². The first-order valence-corrected chi connectivity index (χ1v) is 6.05. The monoisotopic (exact) mass is 233 g/mol. The highest BCUT2D eigenvalue weighted by molar-refractivity contribution is 7.13. The lowest BCUT2D eigenvalue weighted by Gasteiger charge is -2.08. The first-order valence-electron chi connectivity index (χ1n) is 5.17. The molecule has 4 heteroatoms. The molecule has 0 atom stereocenters. The topological polar surface area (TPSA) is 50.9 Å². The second kappa shape index (κ2) is 4.53. The zero-order valence-electron chi connectivity index (χ0n) is 9.45. The molecule has 0 amide bonds. The van der Waals surface area contributed by atoms with Gasteiger partial charge < -0.3 is 11.1 Å². The summed E-state index contributed by atoms with van der Waals surface area (Å²) in [7, 11) is 0. The Labute approximate surface area is 99.3 Å². The van der Waals surface area contributed by atoms with Crippen LogP contribution in [0.15, 0.2) is 23.6 Å². The summed E-state index contributed by atoms with van der Waals surface area (Å²) >= 11 is 1.63. The highest BCUT2D eigenvalue weighted by Gasteiger charge is 2.02. The van der Waals surface area contributed by atoms with Crippen molar-refractivity contribution in [3.63, 3.8) is 0 Å². The Morgan fingerprint density at radius 2 is 2.19 bits per heavy atom. The van der Waals surface area contributed by atoms with Gasteiger partial charge in [-0.2, -0.15) is 0 Å². The largest absolute Gasteiger partial charge is 0.399 e. The number of nitrogens with one attached hydrogen (secondary N) is 1. The summed E-state index contributed by atoms with van der Waals surface area (Å²) in [5.41, 5.74) is 10.1. The Morgan fingerprint density at radius 1 is 1.38 bits per heavy atom. The van der Waals surface area contributed by atoms with E-state index >= 15 is 0 Å². The summed E-state index contributed by atoms with van der Waals surface area (Å²) in [6.07, 6.45) is 0. The molecule has 0 spiro atoms. The molecule has 1 aromatic heterocycles. The zero-order chi connectivity index (χ0) is 11.5. The van der Waals surface area contributed by atoms with Crippen LogP contribution < -0.4 is 11.1 Å².